The molecule has 2 aliphatic heterocycles. The molecule has 0 aliphatic carbocycles. The summed E-state index contributed by atoms with van der Waals surface area (Å²) in [6.07, 6.45) is 4.28. The molecule has 1 N–H and O–H groups in total. The first-order valence-electron chi connectivity index (χ1n) is 7.81. The minimum atomic E-state index is -3.32. The van der Waals surface area contributed by atoms with Gasteiger partial charge in [-0.1, -0.05) is 6.07 Å². The molecule has 8 heteroatoms. The highest BCUT2D eigenvalue weighted by Crippen LogP contribution is 2.46. The van der Waals surface area contributed by atoms with E-state index in [-0.39, 0.29) is 24.3 Å². The summed E-state index contributed by atoms with van der Waals surface area (Å²) < 4.78 is 40.3. The van der Waals surface area contributed by atoms with Gasteiger partial charge in [-0.05, 0) is 24.1 Å². The van der Waals surface area contributed by atoms with Crippen LogP contribution in [-0.2, 0) is 10.0 Å². The maximum absolute atomic E-state index is 13.6. The second-order valence-electron chi connectivity index (χ2n) is 6.50. The molecule has 4 rings (SSSR count). The number of imidazole rings is 1. The average Bonchev–Trinajstić information content (AvgIpc) is 3.07. The lowest BCUT2D eigenvalue weighted by molar-refractivity contribution is 0.0345. The molecule has 1 aromatic carbocycles. The van der Waals surface area contributed by atoms with Gasteiger partial charge >= 0.3 is 0 Å². The van der Waals surface area contributed by atoms with E-state index in [1.54, 1.807) is 18.6 Å². The van der Waals surface area contributed by atoms with E-state index in [4.69, 9.17) is 0 Å². The Morgan fingerprint density at radius 2 is 2.17 bits per heavy atom. The van der Waals surface area contributed by atoms with Crippen LogP contribution in [0.4, 0.5) is 4.39 Å². The highest BCUT2D eigenvalue weighted by molar-refractivity contribution is 7.88. The van der Waals surface area contributed by atoms with Crippen LogP contribution in [0.2, 0.25) is 0 Å². The van der Waals surface area contributed by atoms with E-state index in [2.05, 4.69) is 4.98 Å². The van der Waals surface area contributed by atoms with Gasteiger partial charge in [0, 0.05) is 24.6 Å². The van der Waals surface area contributed by atoms with Gasteiger partial charge in [0.2, 0.25) is 10.0 Å². The van der Waals surface area contributed by atoms with E-state index in [1.807, 2.05) is 4.57 Å². The summed E-state index contributed by atoms with van der Waals surface area (Å²) >= 11 is 0. The summed E-state index contributed by atoms with van der Waals surface area (Å²) in [5, 5.41) is 10.6. The first kappa shape index (κ1) is 15.7. The number of piperidine rings is 1. The number of hydrogen-bond donors (Lipinski definition) is 1. The van der Waals surface area contributed by atoms with Crippen LogP contribution in [0, 0.1) is 11.7 Å². The minimum Gasteiger partial charge on any atom is -0.391 e. The Kier molecular flexibility index (Phi) is 3.52. The summed E-state index contributed by atoms with van der Waals surface area (Å²) in [4.78, 5) is 4.15. The molecule has 24 heavy (non-hydrogen) atoms. The Morgan fingerprint density at radius 1 is 1.38 bits per heavy atom. The van der Waals surface area contributed by atoms with Crippen molar-refractivity contribution in [1.29, 1.82) is 0 Å². The fraction of sp³-hybridized carbons (Fsp3) is 0.438. The van der Waals surface area contributed by atoms with Crippen molar-refractivity contribution in [3.63, 3.8) is 0 Å². The highest BCUT2D eigenvalue weighted by Gasteiger charge is 2.41. The number of hydrogen-bond acceptors (Lipinski definition) is 4. The molecule has 0 spiro atoms. The normalized spacial score (nSPS) is 27.0. The van der Waals surface area contributed by atoms with Crippen molar-refractivity contribution in [2.75, 3.05) is 19.3 Å². The molecule has 0 radical (unpaired) electrons. The smallest absolute Gasteiger partial charge is 0.211 e. The molecule has 0 unspecified atom stereocenters. The topological polar surface area (TPSA) is 75.4 Å². The van der Waals surface area contributed by atoms with Gasteiger partial charge in [-0.15, -0.1) is 0 Å². The van der Waals surface area contributed by atoms with Gasteiger partial charge in [-0.25, -0.2) is 17.8 Å². The molecule has 2 aliphatic rings. The van der Waals surface area contributed by atoms with Crippen molar-refractivity contribution >= 4 is 10.0 Å². The summed E-state index contributed by atoms with van der Waals surface area (Å²) in [5.74, 6) is -0.461. The van der Waals surface area contributed by atoms with Crippen LogP contribution < -0.4 is 0 Å². The van der Waals surface area contributed by atoms with Crippen molar-refractivity contribution in [3.8, 4) is 11.3 Å². The predicted octanol–water partition coefficient (Wildman–Crippen LogP) is 1.23. The highest BCUT2D eigenvalue weighted by atomic mass is 32.2. The Morgan fingerprint density at radius 3 is 2.88 bits per heavy atom. The number of fused-ring (bicyclic) bond motifs is 3. The second-order valence-corrected chi connectivity index (χ2v) is 8.49. The molecule has 1 aromatic heterocycles. The number of rotatable bonds is 2. The molecule has 3 heterocycles. The quantitative estimate of drug-likeness (QED) is 0.883. The zero-order valence-electron chi connectivity index (χ0n) is 13.1. The van der Waals surface area contributed by atoms with Gasteiger partial charge in [0.1, 0.15) is 5.82 Å². The molecule has 1 fully saturated rings. The molecule has 2 aromatic rings. The van der Waals surface area contributed by atoms with Gasteiger partial charge in [-0.2, -0.15) is 4.31 Å². The predicted molar refractivity (Wildman–Crippen MR) is 86.3 cm³/mol. The summed E-state index contributed by atoms with van der Waals surface area (Å²) in [6.45, 7) is 0.457. The molecule has 0 amide bonds. The van der Waals surface area contributed by atoms with E-state index in [0.717, 1.165) is 23.1 Å². The Labute approximate surface area is 139 Å². The first-order chi connectivity index (χ1) is 11.4. The summed E-state index contributed by atoms with van der Waals surface area (Å²) in [7, 11) is -3.32. The van der Waals surface area contributed by atoms with Crippen molar-refractivity contribution in [3.05, 3.63) is 42.1 Å². The number of halogens is 1. The van der Waals surface area contributed by atoms with Crippen molar-refractivity contribution in [1.82, 2.24) is 13.9 Å². The maximum Gasteiger partial charge on any atom is 0.211 e. The van der Waals surface area contributed by atoms with E-state index in [1.165, 1.54) is 16.4 Å². The van der Waals surface area contributed by atoms with E-state index in [9.17, 15) is 17.9 Å². The number of nitrogens with zero attached hydrogens (tertiary/aromatic N) is 3. The molecule has 0 bridgehead atoms. The number of aliphatic hydroxyl groups excluding tert-OH is 1. The molecule has 0 saturated carbocycles. The zero-order chi connectivity index (χ0) is 17.1. The molecular formula is C16H18FN3O3S. The van der Waals surface area contributed by atoms with Crippen molar-refractivity contribution in [2.24, 2.45) is 5.92 Å². The molecule has 1 saturated heterocycles. The van der Waals surface area contributed by atoms with Gasteiger partial charge in [0.05, 0.1) is 36.6 Å². The monoisotopic (exact) mass is 351 g/mol. The molecule has 3 atom stereocenters. The van der Waals surface area contributed by atoms with Crippen LogP contribution >= 0.6 is 0 Å². The number of benzene rings is 1. The third-order valence-electron chi connectivity index (χ3n) is 5.05. The molecule has 6 nitrogen and oxygen atoms in total. The van der Waals surface area contributed by atoms with Crippen LogP contribution in [0.1, 0.15) is 18.0 Å². The van der Waals surface area contributed by atoms with Crippen LogP contribution in [0.25, 0.3) is 11.3 Å². The van der Waals surface area contributed by atoms with Crippen LogP contribution in [0.3, 0.4) is 0 Å². The van der Waals surface area contributed by atoms with E-state index < -0.39 is 16.1 Å². The van der Waals surface area contributed by atoms with Crippen LogP contribution in [0.5, 0.6) is 0 Å². The number of aliphatic hydroxyl groups is 1. The maximum atomic E-state index is 13.6. The number of sulfonamides is 1. The number of β-amino-alcohol motifs (C(OH)–C–C–N with tert-alkyl or cyclic N) is 1. The largest absolute Gasteiger partial charge is 0.391 e. The fourth-order valence-corrected chi connectivity index (χ4v) is 4.78. The Bertz CT molecular complexity index is 896. The van der Waals surface area contributed by atoms with Crippen LogP contribution in [-0.4, -0.2) is 52.8 Å². The third kappa shape index (κ3) is 2.37. The fourth-order valence-electron chi connectivity index (χ4n) is 3.92. The lowest BCUT2D eigenvalue weighted by atomic mass is 9.84. The molecular weight excluding hydrogens is 333 g/mol. The Balaban J connectivity index is 1.71. The number of aromatic nitrogens is 2. The SMILES string of the molecule is CS(=O)(=O)N1CC[C@@H]([C@H]2c3ccc(F)cc3-c3cncn32)[C@H](O)C1. The standard InChI is InChI=1S/C16H18FN3O3S/c1-24(22,23)19-5-4-12(15(21)8-19)16-11-3-2-10(17)6-13(11)14-7-18-9-20(14)16/h2-3,6-7,9,12,15-16,21H,4-5,8H2,1H3/t12-,15-,16-/m1/s1. The van der Waals surface area contributed by atoms with E-state index in [0.29, 0.717) is 13.0 Å². The molecule has 128 valence electrons. The minimum absolute atomic E-state index is 0.0839. The van der Waals surface area contributed by atoms with E-state index >= 15 is 0 Å². The lowest BCUT2D eigenvalue weighted by Crippen LogP contribution is -2.48. The summed E-state index contributed by atoms with van der Waals surface area (Å²) in [6, 6.07) is 4.50. The lowest BCUT2D eigenvalue weighted by Gasteiger charge is -2.38. The van der Waals surface area contributed by atoms with Gasteiger partial charge in [-0.3, -0.25) is 0 Å². The first-order valence-corrected chi connectivity index (χ1v) is 9.66. The Hall–Kier alpha value is -1.77. The second kappa shape index (κ2) is 5.37. The van der Waals surface area contributed by atoms with Crippen molar-refractivity contribution < 1.29 is 17.9 Å². The van der Waals surface area contributed by atoms with Gasteiger partial charge in [0.15, 0.2) is 0 Å². The van der Waals surface area contributed by atoms with Crippen molar-refractivity contribution in [2.45, 2.75) is 18.6 Å². The van der Waals surface area contributed by atoms with Gasteiger partial charge in [0.25, 0.3) is 0 Å². The summed E-state index contributed by atoms with van der Waals surface area (Å²) in [5.41, 5.74) is 2.56. The van der Waals surface area contributed by atoms with Gasteiger partial charge < -0.3 is 9.67 Å². The zero-order valence-corrected chi connectivity index (χ0v) is 13.9. The third-order valence-corrected chi connectivity index (χ3v) is 6.32. The van der Waals surface area contributed by atoms with Crippen LogP contribution in [0.15, 0.2) is 30.7 Å². The average molecular weight is 351 g/mol.